The number of carbonyl (C=O) groups excluding carboxylic acids is 1. The maximum absolute atomic E-state index is 12.1. The van der Waals surface area contributed by atoms with Gasteiger partial charge in [-0.1, -0.05) is 5.16 Å². The van der Waals surface area contributed by atoms with E-state index in [1.165, 1.54) is 6.33 Å². The fraction of sp³-hybridized carbons (Fsp3) is 0.0952. The zero-order chi connectivity index (χ0) is 20.9. The normalized spacial score (nSPS) is 10.5. The third-order valence-electron chi connectivity index (χ3n) is 4.11. The van der Waals surface area contributed by atoms with E-state index >= 15 is 0 Å². The molecule has 0 bridgehead atoms. The first kappa shape index (κ1) is 19.1. The number of aryl methyl sites for hydroxylation is 2. The summed E-state index contributed by atoms with van der Waals surface area (Å²) in [5.41, 5.74) is 2.79. The maximum atomic E-state index is 12.1. The Labute approximate surface area is 172 Å². The number of nitrogens with one attached hydrogen (secondary N) is 3. The molecule has 0 aliphatic rings. The fourth-order valence-corrected chi connectivity index (χ4v) is 2.68. The van der Waals surface area contributed by atoms with Crippen molar-refractivity contribution in [3.8, 4) is 0 Å². The smallest absolute Gasteiger partial charge is 0.277 e. The van der Waals surface area contributed by atoms with Gasteiger partial charge in [-0.3, -0.25) is 4.79 Å². The molecule has 0 fully saturated rings. The van der Waals surface area contributed by atoms with Crippen LogP contribution in [0.1, 0.15) is 21.8 Å². The Morgan fingerprint density at radius 2 is 1.53 bits per heavy atom. The molecular weight excluding hydrogens is 382 g/mol. The number of amides is 1. The van der Waals surface area contributed by atoms with Gasteiger partial charge in [-0.05, 0) is 55.8 Å². The van der Waals surface area contributed by atoms with Crippen LogP contribution in [0.15, 0.2) is 65.6 Å². The van der Waals surface area contributed by atoms with Crippen LogP contribution in [0.25, 0.3) is 0 Å². The van der Waals surface area contributed by atoms with Crippen LogP contribution < -0.4 is 16.0 Å². The van der Waals surface area contributed by atoms with Crippen LogP contribution in [0.2, 0.25) is 0 Å². The molecule has 30 heavy (non-hydrogen) atoms. The van der Waals surface area contributed by atoms with E-state index < -0.39 is 0 Å². The predicted octanol–water partition coefficient (Wildman–Crippen LogP) is 4.22. The lowest BCUT2D eigenvalue weighted by molar-refractivity contribution is 0.101. The summed E-state index contributed by atoms with van der Waals surface area (Å²) in [5, 5.41) is 12.8. The van der Waals surface area contributed by atoms with Gasteiger partial charge in [0, 0.05) is 29.7 Å². The van der Waals surface area contributed by atoms with E-state index in [4.69, 9.17) is 4.52 Å². The number of pyridine rings is 1. The van der Waals surface area contributed by atoms with Crippen LogP contribution in [-0.2, 0) is 0 Å². The van der Waals surface area contributed by atoms with Crippen molar-refractivity contribution < 1.29 is 9.32 Å². The van der Waals surface area contributed by atoms with Crippen LogP contribution in [-0.4, -0.2) is 26.0 Å². The topological polar surface area (TPSA) is 118 Å². The summed E-state index contributed by atoms with van der Waals surface area (Å²) in [6.45, 7) is 3.73. The predicted molar refractivity (Wildman–Crippen MR) is 113 cm³/mol. The number of nitrogens with zero attached hydrogens (tertiary/aromatic N) is 4. The summed E-state index contributed by atoms with van der Waals surface area (Å²) >= 11 is 0. The van der Waals surface area contributed by atoms with E-state index in [0.717, 1.165) is 11.3 Å². The van der Waals surface area contributed by atoms with E-state index in [1.54, 1.807) is 37.4 Å². The molecule has 0 aliphatic heterocycles. The molecule has 0 saturated heterocycles. The van der Waals surface area contributed by atoms with Crippen LogP contribution in [0, 0.1) is 13.8 Å². The van der Waals surface area contributed by atoms with Gasteiger partial charge in [0.1, 0.15) is 29.5 Å². The quantitative estimate of drug-likeness (QED) is 0.440. The van der Waals surface area contributed by atoms with E-state index in [-0.39, 0.29) is 11.6 Å². The lowest BCUT2D eigenvalue weighted by Crippen LogP contribution is -2.12. The zero-order valence-electron chi connectivity index (χ0n) is 16.4. The Morgan fingerprint density at radius 1 is 0.833 bits per heavy atom. The second kappa shape index (κ2) is 8.39. The Morgan fingerprint density at radius 3 is 2.23 bits per heavy atom. The Bertz CT molecular complexity index is 1170. The molecule has 0 saturated carbocycles. The Hall–Kier alpha value is -4.27. The number of carbonyl (C=O) groups is 1. The highest BCUT2D eigenvalue weighted by atomic mass is 16.5. The molecule has 150 valence electrons. The summed E-state index contributed by atoms with van der Waals surface area (Å²) < 4.78 is 4.92. The van der Waals surface area contributed by atoms with Crippen LogP contribution in [0.4, 0.5) is 28.8 Å². The van der Waals surface area contributed by atoms with Crippen molar-refractivity contribution in [3.63, 3.8) is 0 Å². The minimum atomic E-state index is -0.330. The van der Waals surface area contributed by atoms with Gasteiger partial charge in [0.05, 0.1) is 0 Å². The number of anilines is 5. The summed E-state index contributed by atoms with van der Waals surface area (Å²) in [7, 11) is 0. The largest absolute Gasteiger partial charge is 0.361 e. The van der Waals surface area contributed by atoms with Gasteiger partial charge in [-0.15, -0.1) is 0 Å². The summed E-state index contributed by atoms with van der Waals surface area (Å²) in [4.78, 5) is 24.9. The lowest BCUT2D eigenvalue weighted by atomic mass is 10.2. The molecule has 4 rings (SSSR count). The molecule has 0 unspecified atom stereocenters. The molecule has 9 nitrogen and oxygen atoms in total. The molecule has 3 heterocycles. The van der Waals surface area contributed by atoms with E-state index in [2.05, 4.69) is 36.1 Å². The third-order valence-corrected chi connectivity index (χ3v) is 4.11. The van der Waals surface area contributed by atoms with Gasteiger partial charge in [0.15, 0.2) is 5.69 Å². The highest BCUT2D eigenvalue weighted by Crippen LogP contribution is 2.20. The average molecular weight is 401 g/mol. The first-order chi connectivity index (χ1) is 14.5. The molecule has 3 aromatic heterocycles. The minimum Gasteiger partial charge on any atom is -0.361 e. The van der Waals surface area contributed by atoms with Crippen molar-refractivity contribution in [2.75, 3.05) is 16.0 Å². The molecule has 9 heteroatoms. The van der Waals surface area contributed by atoms with Crippen molar-refractivity contribution in [1.29, 1.82) is 0 Å². The molecule has 4 aromatic rings. The number of benzene rings is 1. The average Bonchev–Trinajstić information content (AvgIpc) is 3.16. The Kier molecular flexibility index (Phi) is 5.33. The van der Waals surface area contributed by atoms with Gasteiger partial charge in [0.2, 0.25) is 0 Å². The van der Waals surface area contributed by atoms with Crippen molar-refractivity contribution >= 4 is 34.7 Å². The van der Waals surface area contributed by atoms with Gasteiger partial charge < -0.3 is 20.5 Å². The van der Waals surface area contributed by atoms with E-state index in [9.17, 15) is 4.79 Å². The minimum absolute atomic E-state index is 0.235. The molecule has 0 spiro atoms. The number of hydrogen-bond donors (Lipinski definition) is 3. The first-order valence-corrected chi connectivity index (χ1v) is 9.19. The van der Waals surface area contributed by atoms with Crippen molar-refractivity contribution in [3.05, 3.63) is 78.1 Å². The van der Waals surface area contributed by atoms with Crippen LogP contribution >= 0.6 is 0 Å². The lowest BCUT2D eigenvalue weighted by Gasteiger charge is -2.09. The molecule has 0 atom stereocenters. The van der Waals surface area contributed by atoms with Crippen LogP contribution in [0.5, 0.6) is 0 Å². The summed E-state index contributed by atoms with van der Waals surface area (Å²) in [6.07, 6.45) is 3.21. The third kappa shape index (κ3) is 4.76. The van der Waals surface area contributed by atoms with Gasteiger partial charge in [-0.25, -0.2) is 15.0 Å². The van der Waals surface area contributed by atoms with E-state index in [1.807, 2.05) is 31.2 Å². The molecule has 3 N–H and O–H groups in total. The van der Waals surface area contributed by atoms with Crippen molar-refractivity contribution in [2.24, 2.45) is 0 Å². The first-order valence-electron chi connectivity index (χ1n) is 9.19. The van der Waals surface area contributed by atoms with Crippen LogP contribution in [0.3, 0.4) is 0 Å². The second-order valence-corrected chi connectivity index (χ2v) is 6.61. The number of aromatic nitrogens is 4. The molecule has 1 aromatic carbocycles. The SMILES string of the molecule is Cc1ccnc(Nc2cc(Nc3ccc(NC(=O)c4cc(C)on4)cc3)ncn2)c1. The zero-order valence-corrected chi connectivity index (χ0v) is 16.4. The number of rotatable bonds is 6. The van der Waals surface area contributed by atoms with Crippen molar-refractivity contribution in [1.82, 2.24) is 20.1 Å². The fourth-order valence-electron chi connectivity index (χ4n) is 2.68. The highest BCUT2D eigenvalue weighted by molar-refractivity contribution is 6.02. The van der Waals surface area contributed by atoms with Gasteiger partial charge in [-0.2, -0.15) is 0 Å². The molecular formula is C21H19N7O2. The van der Waals surface area contributed by atoms with E-state index in [0.29, 0.717) is 28.9 Å². The van der Waals surface area contributed by atoms with Gasteiger partial charge >= 0.3 is 0 Å². The Balaban J connectivity index is 1.40. The monoisotopic (exact) mass is 401 g/mol. The second-order valence-electron chi connectivity index (χ2n) is 6.61. The summed E-state index contributed by atoms with van der Waals surface area (Å²) in [6, 6.07) is 14.5. The maximum Gasteiger partial charge on any atom is 0.277 e. The molecule has 1 amide bonds. The highest BCUT2D eigenvalue weighted by Gasteiger charge is 2.11. The van der Waals surface area contributed by atoms with Crippen molar-refractivity contribution in [2.45, 2.75) is 13.8 Å². The molecule has 0 aliphatic carbocycles. The van der Waals surface area contributed by atoms with Gasteiger partial charge in [0.25, 0.3) is 5.91 Å². The molecule has 0 radical (unpaired) electrons. The standard InChI is InChI=1S/C21H19N7O2/c1-13-7-8-22-18(9-13)27-20-11-19(23-12-24-20)25-15-3-5-16(6-4-15)26-21(29)17-10-14(2)30-28-17/h3-12H,1-2H3,(H,26,29)(H2,22,23,24,25,27). The number of hydrogen-bond acceptors (Lipinski definition) is 8. The summed E-state index contributed by atoms with van der Waals surface area (Å²) in [5.74, 6) is 2.20.